The Bertz CT molecular complexity index is 507. The molecule has 0 amide bonds. The van der Waals surface area contributed by atoms with Gasteiger partial charge in [0.05, 0.1) is 0 Å². The number of aliphatic imine (C=N–C) groups is 1. The fraction of sp³-hybridized carbons (Fsp3) is 0.632. The van der Waals surface area contributed by atoms with Gasteiger partial charge in [-0.1, -0.05) is 30.2 Å². The highest BCUT2D eigenvalue weighted by Gasteiger charge is 2.16. The van der Waals surface area contributed by atoms with Gasteiger partial charge < -0.3 is 15.5 Å². The minimum absolute atomic E-state index is 0. The minimum atomic E-state index is 0. The Morgan fingerprint density at radius 2 is 1.96 bits per heavy atom. The first-order valence-corrected chi connectivity index (χ1v) is 9.50. The molecule has 0 aliphatic carbocycles. The van der Waals surface area contributed by atoms with Gasteiger partial charge in [0.15, 0.2) is 5.96 Å². The van der Waals surface area contributed by atoms with E-state index in [0.717, 1.165) is 30.1 Å². The molecule has 142 valence electrons. The number of guanidine groups is 1. The Kier molecular flexibility index (Phi) is 11.5. The average Bonchev–Trinajstić information content (AvgIpc) is 2.60. The Balaban J connectivity index is 0.00000312. The monoisotopic (exact) mass is 478 g/mol. The van der Waals surface area contributed by atoms with Crippen LogP contribution < -0.4 is 10.6 Å². The topological polar surface area (TPSA) is 39.7 Å². The van der Waals surface area contributed by atoms with E-state index < -0.39 is 0 Å². The van der Waals surface area contributed by atoms with Crippen LogP contribution in [-0.2, 0) is 6.54 Å². The van der Waals surface area contributed by atoms with Crippen LogP contribution in [0.15, 0.2) is 29.3 Å². The van der Waals surface area contributed by atoms with Crippen LogP contribution in [0.1, 0.15) is 44.6 Å². The molecule has 1 aromatic rings. The van der Waals surface area contributed by atoms with Gasteiger partial charge in [0.2, 0.25) is 0 Å². The van der Waals surface area contributed by atoms with Crippen LogP contribution in [0.4, 0.5) is 0 Å². The van der Waals surface area contributed by atoms with Crippen molar-refractivity contribution in [2.75, 3.05) is 26.7 Å². The molecule has 1 saturated heterocycles. The van der Waals surface area contributed by atoms with Crippen molar-refractivity contribution < 1.29 is 0 Å². The van der Waals surface area contributed by atoms with E-state index in [1.54, 1.807) is 0 Å². The van der Waals surface area contributed by atoms with E-state index in [9.17, 15) is 0 Å². The molecule has 25 heavy (non-hydrogen) atoms. The van der Waals surface area contributed by atoms with E-state index in [2.05, 4.69) is 27.4 Å². The number of likely N-dealkylation sites (tertiary alicyclic amines) is 1. The number of rotatable bonds is 7. The van der Waals surface area contributed by atoms with Gasteiger partial charge in [0, 0.05) is 31.2 Å². The van der Waals surface area contributed by atoms with Crippen molar-refractivity contribution in [3.63, 3.8) is 0 Å². The number of nitrogens with zero attached hydrogens (tertiary/aromatic N) is 2. The second kappa shape index (κ2) is 12.8. The van der Waals surface area contributed by atoms with E-state index in [1.165, 1.54) is 50.8 Å². The molecule has 0 aromatic heterocycles. The Morgan fingerprint density at radius 3 is 2.64 bits per heavy atom. The summed E-state index contributed by atoms with van der Waals surface area (Å²) >= 11 is 5.91. The number of benzene rings is 1. The number of piperidine rings is 1. The van der Waals surface area contributed by atoms with Crippen LogP contribution in [0.25, 0.3) is 0 Å². The number of unbranched alkanes of at least 4 members (excludes halogenated alkanes) is 1. The maximum absolute atomic E-state index is 5.91. The van der Waals surface area contributed by atoms with Crippen molar-refractivity contribution in [2.45, 2.75) is 51.6 Å². The average molecular weight is 479 g/mol. The zero-order valence-corrected chi connectivity index (χ0v) is 18.5. The molecule has 1 fully saturated rings. The SMILES string of the molecule is CN=C(NCCCCN1CCCCC1C)NCc1ccc(Cl)cc1.I. The first kappa shape index (κ1) is 22.5. The molecule has 4 nitrogen and oxygen atoms in total. The van der Waals surface area contributed by atoms with Crippen molar-refractivity contribution in [1.29, 1.82) is 0 Å². The van der Waals surface area contributed by atoms with Crippen LogP contribution in [0, 0.1) is 0 Å². The largest absolute Gasteiger partial charge is 0.356 e. The Morgan fingerprint density at radius 1 is 1.20 bits per heavy atom. The predicted octanol–water partition coefficient (Wildman–Crippen LogP) is 4.28. The van der Waals surface area contributed by atoms with Gasteiger partial charge in [-0.25, -0.2) is 0 Å². The predicted molar refractivity (Wildman–Crippen MR) is 119 cm³/mol. The molecule has 0 spiro atoms. The molecule has 1 aliphatic heterocycles. The van der Waals surface area contributed by atoms with E-state index in [1.807, 2.05) is 31.3 Å². The van der Waals surface area contributed by atoms with E-state index in [-0.39, 0.29) is 24.0 Å². The third-order valence-electron chi connectivity index (χ3n) is 4.70. The summed E-state index contributed by atoms with van der Waals surface area (Å²) in [5, 5.41) is 7.50. The van der Waals surface area contributed by atoms with Gasteiger partial charge >= 0.3 is 0 Å². The molecular weight excluding hydrogens is 447 g/mol. The van der Waals surface area contributed by atoms with Gasteiger partial charge in [-0.15, -0.1) is 24.0 Å². The van der Waals surface area contributed by atoms with Crippen molar-refractivity contribution in [3.8, 4) is 0 Å². The second-order valence-corrected chi connectivity index (χ2v) is 7.00. The van der Waals surface area contributed by atoms with Gasteiger partial charge in [-0.3, -0.25) is 4.99 Å². The van der Waals surface area contributed by atoms with Gasteiger partial charge in [0.25, 0.3) is 0 Å². The van der Waals surface area contributed by atoms with Gasteiger partial charge in [0.1, 0.15) is 0 Å². The van der Waals surface area contributed by atoms with Gasteiger partial charge in [-0.05, 0) is 63.4 Å². The lowest BCUT2D eigenvalue weighted by Gasteiger charge is -2.33. The maximum atomic E-state index is 5.91. The first-order chi connectivity index (χ1) is 11.7. The molecule has 0 saturated carbocycles. The molecule has 1 aliphatic rings. The summed E-state index contributed by atoms with van der Waals surface area (Å²) in [6.07, 6.45) is 6.54. The summed E-state index contributed by atoms with van der Waals surface area (Å²) in [6.45, 7) is 6.57. The molecule has 2 rings (SSSR count). The molecule has 2 N–H and O–H groups in total. The molecule has 1 heterocycles. The van der Waals surface area contributed by atoms with E-state index in [0.29, 0.717) is 0 Å². The summed E-state index contributed by atoms with van der Waals surface area (Å²) in [4.78, 5) is 6.91. The van der Waals surface area contributed by atoms with Crippen molar-refractivity contribution in [1.82, 2.24) is 15.5 Å². The highest BCUT2D eigenvalue weighted by atomic mass is 127. The lowest BCUT2D eigenvalue weighted by atomic mass is 10.0. The minimum Gasteiger partial charge on any atom is -0.356 e. The molecular formula is C19H32ClIN4. The maximum Gasteiger partial charge on any atom is 0.191 e. The van der Waals surface area contributed by atoms with Crippen molar-refractivity contribution in [2.24, 2.45) is 4.99 Å². The quantitative estimate of drug-likeness (QED) is 0.266. The molecule has 0 bridgehead atoms. The van der Waals surface area contributed by atoms with Crippen LogP contribution in [0.2, 0.25) is 5.02 Å². The summed E-state index contributed by atoms with van der Waals surface area (Å²) in [7, 11) is 1.81. The van der Waals surface area contributed by atoms with Crippen LogP contribution in [-0.4, -0.2) is 43.6 Å². The van der Waals surface area contributed by atoms with Crippen molar-refractivity contribution >= 4 is 41.5 Å². The summed E-state index contributed by atoms with van der Waals surface area (Å²) < 4.78 is 0. The van der Waals surface area contributed by atoms with E-state index >= 15 is 0 Å². The van der Waals surface area contributed by atoms with Gasteiger partial charge in [-0.2, -0.15) is 0 Å². The standard InChI is InChI=1S/C19H31ClN4.HI/c1-16-7-3-5-13-24(16)14-6-4-12-22-19(21-2)23-15-17-8-10-18(20)11-9-17;/h8-11,16H,3-7,12-15H2,1-2H3,(H2,21,22,23);1H. The lowest BCUT2D eigenvalue weighted by molar-refractivity contribution is 0.158. The molecule has 1 atom stereocenters. The molecule has 1 unspecified atom stereocenters. The summed E-state index contributed by atoms with van der Waals surface area (Å²) in [6, 6.07) is 8.65. The summed E-state index contributed by atoms with van der Waals surface area (Å²) in [5.41, 5.74) is 1.20. The first-order valence-electron chi connectivity index (χ1n) is 9.12. The highest BCUT2D eigenvalue weighted by molar-refractivity contribution is 14.0. The van der Waals surface area contributed by atoms with Crippen molar-refractivity contribution in [3.05, 3.63) is 34.9 Å². The molecule has 0 radical (unpaired) electrons. The fourth-order valence-electron chi connectivity index (χ4n) is 3.15. The highest BCUT2D eigenvalue weighted by Crippen LogP contribution is 2.16. The third kappa shape index (κ3) is 8.60. The second-order valence-electron chi connectivity index (χ2n) is 6.57. The smallest absolute Gasteiger partial charge is 0.191 e. The zero-order chi connectivity index (χ0) is 17.2. The number of nitrogens with one attached hydrogen (secondary N) is 2. The van der Waals surface area contributed by atoms with Crippen LogP contribution >= 0.6 is 35.6 Å². The third-order valence-corrected chi connectivity index (χ3v) is 4.95. The normalized spacial score (nSPS) is 18.5. The zero-order valence-electron chi connectivity index (χ0n) is 15.4. The van der Waals surface area contributed by atoms with Crippen LogP contribution in [0.3, 0.4) is 0 Å². The lowest BCUT2D eigenvalue weighted by Crippen LogP contribution is -2.39. The molecule has 6 heteroatoms. The van der Waals surface area contributed by atoms with E-state index in [4.69, 9.17) is 11.6 Å². The Labute approximate surface area is 174 Å². The van der Waals surface area contributed by atoms with Crippen LogP contribution in [0.5, 0.6) is 0 Å². The summed E-state index contributed by atoms with van der Waals surface area (Å²) in [5.74, 6) is 0.858. The Hall–Kier alpha value is -0.530. The number of hydrogen-bond acceptors (Lipinski definition) is 2. The number of hydrogen-bond donors (Lipinski definition) is 2. The molecule has 1 aromatic carbocycles. The number of halogens is 2. The fourth-order valence-corrected chi connectivity index (χ4v) is 3.27.